The van der Waals surface area contributed by atoms with E-state index in [-0.39, 0.29) is 5.91 Å². The number of carbonyl (C=O) groups is 1. The molecule has 1 saturated heterocycles. The molecule has 2 aromatic heterocycles. The summed E-state index contributed by atoms with van der Waals surface area (Å²) in [6, 6.07) is 17.7. The molecule has 1 amide bonds. The van der Waals surface area contributed by atoms with Crippen LogP contribution < -0.4 is 16.0 Å². The predicted molar refractivity (Wildman–Crippen MR) is 119 cm³/mol. The zero-order chi connectivity index (χ0) is 19.8. The van der Waals surface area contributed by atoms with Gasteiger partial charge in [0.25, 0.3) is 5.91 Å². The van der Waals surface area contributed by atoms with Crippen molar-refractivity contribution in [1.29, 1.82) is 0 Å². The minimum atomic E-state index is -0.214. The maximum Gasteiger partial charge on any atom is 0.267 e. The molecule has 0 aliphatic carbocycles. The Morgan fingerprint density at radius 3 is 2.66 bits per heavy atom. The maximum absolute atomic E-state index is 12.8. The highest BCUT2D eigenvalue weighted by Crippen LogP contribution is 2.35. The Bertz CT molecular complexity index is 1200. The molecule has 1 fully saturated rings. The summed E-state index contributed by atoms with van der Waals surface area (Å²) in [5, 5.41) is 4.78. The van der Waals surface area contributed by atoms with Gasteiger partial charge in [-0.2, -0.15) is 0 Å². The van der Waals surface area contributed by atoms with E-state index in [1.54, 1.807) is 0 Å². The summed E-state index contributed by atoms with van der Waals surface area (Å²) in [6.45, 7) is 3.25. The van der Waals surface area contributed by atoms with E-state index in [4.69, 9.17) is 10.5 Å². The van der Waals surface area contributed by atoms with Crippen molar-refractivity contribution in [3.05, 3.63) is 59.5 Å². The molecule has 0 saturated carbocycles. The SMILES string of the molecule is Nc1c(C(=O)Nc2ccc(N3CCOCC3)cc2)sc2nc3ccccc3cc12. The number of nitrogens with zero attached hydrogens (tertiary/aromatic N) is 2. The lowest BCUT2D eigenvalue weighted by Crippen LogP contribution is -2.36. The van der Waals surface area contributed by atoms with Crippen molar-refractivity contribution in [3.8, 4) is 0 Å². The topological polar surface area (TPSA) is 80.5 Å². The van der Waals surface area contributed by atoms with Gasteiger partial charge in [-0.1, -0.05) is 18.2 Å². The van der Waals surface area contributed by atoms with Crippen molar-refractivity contribution < 1.29 is 9.53 Å². The van der Waals surface area contributed by atoms with E-state index >= 15 is 0 Å². The number of morpholine rings is 1. The van der Waals surface area contributed by atoms with Gasteiger partial charge in [-0.05, 0) is 36.4 Å². The maximum atomic E-state index is 12.8. The van der Waals surface area contributed by atoms with Crippen molar-refractivity contribution in [3.63, 3.8) is 0 Å². The number of ether oxygens (including phenoxy) is 1. The number of nitrogen functional groups attached to an aromatic ring is 1. The Hall–Kier alpha value is -3.16. The first-order valence-corrected chi connectivity index (χ1v) is 10.3. The van der Waals surface area contributed by atoms with Crippen molar-refractivity contribution in [2.45, 2.75) is 0 Å². The molecule has 3 N–H and O–H groups in total. The molecule has 3 heterocycles. The van der Waals surface area contributed by atoms with E-state index in [9.17, 15) is 4.79 Å². The molecule has 29 heavy (non-hydrogen) atoms. The number of hydrogen-bond acceptors (Lipinski definition) is 6. The number of aromatic nitrogens is 1. The fourth-order valence-corrected chi connectivity index (χ4v) is 4.56. The van der Waals surface area contributed by atoms with E-state index in [1.807, 2.05) is 54.6 Å². The van der Waals surface area contributed by atoms with Crippen LogP contribution in [0.1, 0.15) is 9.67 Å². The fourth-order valence-electron chi connectivity index (χ4n) is 3.58. The molecular formula is C22H20N4O2S. The molecule has 7 heteroatoms. The second kappa shape index (κ2) is 7.35. The zero-order valence-electron chi connectivity index (χ0n) is 15.7. The van der Waals surface area contributed by atoms with Crippen molar-refractivity contribution in [2.24, 2.45) is 0 Å². The Labute approximate surface area is 171 Å². The molecule has 2 aromatic carbocycles. The summed E-state index contributed by atoms with van der Waals surface area (Å²) >= 11 is 1.32. The quantitative estimate of drug-likeness (QED) is 0.537. The molecule has 4 aromatic rings. The number of nitrogens with one attached hydrogen (secondary N) is 1. The van der Waals surface area contributed by atoms with Gasteiger partial charge < -0.3 is 20.7 Å². The highest BCUT2D eigenvalue weighted by Gasteiger charge is 2.18. The monoisotopic (exact) mass is 404 g/mol. The molecule has 5 rings (SSSR count). The van der Waals surface area contributed by atoms with Crippen LogP contribution in [0.25, 0.3) is 21.1 Å². The van der Waals surface area contributed by atoms with Crippen LogP contribution in [0.3, 0.4) is 0 Å². The van der Waals surface area contributed by atoms with Gasteiger partial charge in [0, 0.05) is 35.2 Å². The Kier molecular flexibility index (Phi) is 4.54. The van der Waals surface area contributed by atoms with Crippen LogP contribution in [-0.4, -0.2) is 37.2 Å². The largest absolute Gasteiger partial charge is 0.397 e. The van der Waals surface area contributed by atoms with Crippen LogP contribution in [0.5, 0.6) is 0 Å². The molecular weight excluding hydrogens is 384 g/mol. The average molecular weight is 404 g/mol. The lowest BCUT2D eigenvalue weighted by molar-refractivity contribution is 0.103. The minimum Gasteiger partial charge on any atom is -0.397 e. The highest BCUT2D eigenvalue weighted by molar-refractivity contribution is 7.21. The normalized spacial score (nSPS) is 14.4. The van der Waals surface area contributed by atoms with E-state index < -0.39 is 0 Å². The number of benzene rings is 2. The number of anilines is 3. The fraction of sp³-hybridized carbons (Fsp3) is 0.182. The summed E-state index contributed by atoms with van der Waals surface area (Å²) in [6.07, 6.45) is 0. The standard InChI is InChI=1S/C22H20N4O2S/c23-19-17-13-14-3-1-2-4-18(14)25-22(17)29-20(19)21(27)24-15-5-7-16(8-6-15)26-9-11-28-12-10-26/h1-8,13H,9-12,23H2,(H,24,27). The van der Waals surface area contributed by atoms with Crippen molar-refractivity contribution in [1.82, 2.24) is 4.98 Å². The highest BCUT2D eigenvalue weighted by atomic mass is 32.1. The van der Waals surface area contributed by atoms with E-state index in [2.05, 4.69) is 15.2 Å². The van der Waals surface area contributed by atoms with Crippen LogP contribution in [0, 0.1) is 0 Å². The minimum absolute atomic E-state index is 0.214. The molecule has 1 aliphatic heterocycles. The number of fused-ring (bicyclic) bond motifs is 2. The van der Waals surface area contributed by atoms with E-state index in [1.165, 1.54) is 11.3 Å². The van der Waals surface area contributed by atoms with Gasteiger partial charge >= 0.3 is 0 Å². The summed E-state index contributed by atoms with van der Waals surface area (Å²) < 4.78 is 5.39. The Balaban J connectivity index is 1.39. The third-order valence-corrected chi connectivity index (χ3v) is 6.24. The molecule has 146 valence electrons. The van der Waals surface area contributed by atoms with Gasteiger partial charge in [-0.15, -0.1) is 11.3 Å². The first-order valence-electron chi connectivity index (χ1n) is 9.51. The van der Waals surface area contributed by atoms with Gasteiger partial charge in [0.15, 0.2) is 0 Å². The molecule has 0 radical (unpaired) electrons. The zero-order valence-corrected chi connectivity index (χ0v) is 16.5. The van der Waals surface area contributed by atoms with Crippen LogP contribution in [-0.2, 0) is 4.74 Å². The number of hydrogen-bond donors (Lipinski definition) is 2. The van der Waals surface area contributed by atoms with Crippen molar-refractivity contribution >= 4 is 55.4 Å². The van der Waals surface area contributed by atoms with Gasteiger partial charge in [0.05, 0.1) is 24.4 Å². The number of pyridine rings is 1. The number of thiophene rings is 1. The Morgan fingerprint density at radius 2 is 1.86 bits per heavy atom. The second-order valence-electron chi connectivity index (χ2n) is 6.98. The van der Waals surface area contributed by atoms with Crippen LogP contribution in [0.4, 0.5) is 17.1 Å². The molecule has 0 bridgehead atoms. The number of carbonyl (C=O) groups excluding carboxylic acids is 1. The lowest BCUT2D eigenvalue weighted by Gasteiger charge is -2.28. The third-order valence-electron chi connectivity index (χ3n) is 5.13. The first-order chi connectivity index (χ1) is 14.2. The molecule has 0 atom stereocenters. The average Bonchev–Trinajstić information content (AvgIpc) is 3.09. The Morgan fingerprint density at radius 1 is 1.10 bits per heavy atom. The molecule has 0 spiro atoms. The van der Waals surface area contributed by atoms with Gasteiger partial charge in [-0.25, -0.2) is 4.98 Å². The number of amides is 1. The van der Waals surface area contributed by atoms with Crippen LogP contribution in [0.2, 0.25) is 0 Å². The molecule has 6 nitrogen and oxygen atoms in total. The first kappa shape index (κ1) is 17.9. The van der Waals surface area contributed by atoms with Gasteiger partial charge in [-0.3, -0.25) is 4.79 Å². The number of rotatable bonds is 3. The summed E-state index contributed by atoms with van der Waals surface area (Å²) in [5.74, 6) is -0.214. The number of para-hydroxylation sites is 1. The number of nitrogens with two attached hydrogens (primary N) is 1. The van der Waals surface area contributed by atoms with E-state index in [0.29, 0.717) is 10.6 Å². The lowest BCUT2D eigenvalue weighted by atomic mass is 10.1. The van der Waals surface area contributed by atoms with E-state index in [0.717, 1.165) is 58.8 Å². The summed E-state index contributed by atoms with van der Waals surface area (Å²) in [4.78, 5) is 21.0. The summed E-state index contributed by atoms with van der Waals surface area (Å²) in [5.41, 5.74) is 9.54. The predicted octanol–water partition coefficient (Wildman–Crippen LogP) is 4.12. The van der Waals surface area contributed by atoms with Gasteiger partial charge in [0.2, 0.25) is 0 Å². The smallest absolute Gasteiger partial charge is 0.267 e. The third kappa shape index (κ3) is 3.39. The van der Waals surface area contributed by atoms with Crippen LogP contribution in [0.15, 0.2) is 54.6 Å². The molecule has 0 unspecified atom stereocenters. The van der Waals surface area contributed by atoms with Crippen LogP contribution >= 0.6 is 11.3 Å². The van der Waals surface area contributed by atoms with Crippen molar-refractivity contribution in [2.75, 3.05) is 42.3 Å². The van der Waals surface area contributed by atoms with Gasteiger partial charge in [0.1, 0.15) is 9.71 Å². The molecule has 1 aliphatic rings. The second-order valence-corrected chi connectivity index (χ2v) is 7.98. The summed E-state index contributed by atoms with van der Waals surface area (Å²) in [7, 11) is 0.